The number of rotatable bonds is 5. The van der Waals surface area contributed by atoms with Crippen LogP contribution in [0.4, 0.5) is 5.69 Å². The molecule has 0 saturated carbocycles. The van der Waals surface area contributed by atoms with Gasteiger partial charge in [-0.15, -0.1) is 6.42 Å². The molecule has 0 aliphatic carbocycles. The number of fused-ring (bicyclic) bond motifs is 1. The second-order valence-electron chi connectivity index (χ2n) is 5.70. The number of nitrogens with zero attached hydrogens (tertiary/aromatic N) is 1. The van der Waals surface area contributed by atoms with E-state index >= 15 is 0 Å². The number of terminal acetylenes is 1. The van der Waals surface area contributed by atoms with Crippen LogP contribution in [0.3, 0.4) is 0 Å². The van der Waals surface area contributed by atoms with E-state index < -0.39 is 0 Å². The van der Waals surface area contributed by atoms with Crippen LogP contribution in [-0.2, 0) is 4.79 Å². The zero-order valence-electron chi connectivity index (χ0n) is 14.8. The highest BCUT2D eigenvalue weighted by Gasteiger charge is 2.28. The number of para-hydroxylation sites is 2. The molecule has 1 heterocycles. The van der Waals surface area contributed by atoms with Crippen LogP contribution in [0.2, 0.25) is 0 Å². The van der Waals surface area contributed by atoms with Crippen molar-refractivity contribution in [2.75, 3.05) is 25.2 Å². The molecule has 1 amide bonds. The van der Waals surface area contributed by atoms with E-state index in [2.05, 4.69) is 18.5 Å². The molecule has 6 heteroatoms. The lowest BCUT2D eigenvalue weighted by Gasteiger charge is -2.33. The molecule has 1 aliphatic heterocycles. The lowest BCUT2D eigenvalue weighted by molar-refractivity contribution is -0.114. The van der Waals surface area contributed by atoms with E-state index in [1.807, 2.05) is 30.3 Å². The number of benzene rings is 2. The van der Waals surface area contributed by atoms with Gasteiger partial charge in [-0.05, 0) is 35.9 Å². The molecule has 0 spiro atoms. The maximum atomic E-state index is 12.8. The summed E-state index contributed by atoms with van der Waals surface area (Å²) in [7, 11) is 1.55. The molecule has 0 aromatic heterocycles. The number of anilines is 1. The molecule has 3 rings (SSSR count). The summed E-state index contributed by atoms with van der Waals surface area (Å²) < 4.78 is 16.4. The minimum absolute atomic E-state index is 0.157. The zero-order valence-corrected chi connectivity index (χ0v) is 15.7. The van der Waals surface area contributed by atoms with Crippen molar-refractivity contribution in [1.29, 1.82) is 0 Å². The van der Waals surface area contributed by atoms with Crippen molar-refractivity contribution in [3.8, 4) is 29.6 Å². The molecule has 0 fully saturated rings. The van der Waals surface area contributed by atoms with Gasteiger partial charge in [0.05, 0.1) is 12.8 Å². The summed E-state index contributed by atoms with van der Waals surface area (Å²) in [6.45, 7) is 0.485. The van der Waals surface area contributed by atoms with Crippen molar-refractivity contribution in [3.05, 3.63) is 54.1 Å². The molecule has 0 saturated heterocycles. The fourth-order valence-corrected chi connectivity index (χ4v) is 3.03. The average molecular weight is 381 g/mol. The van der Waals surface area contributed by atoms with Crippen molar-refractivity contribution >= 4 is 30.3 Å². The third kappa shape index (κ3) is 4.21. The van der Waals surface area contributed by atoms with Crippen LogP contribution in [0.5, 0.6) is 17.2 Å². The van der Waals surface area contributed by atoms with E-state index in [1.54, 1.807) is 30.2 Å². The Labute approximate surface area is 163 Å². The van der Waals surface area contributed by atoms with Gasteiger partial charge in [-0.25, -0.2) is 0 Å². The summed E-state index contributed by atoms with van der Waals surface area (Å²) >= 11 is 4.47. The Hall–Kier alpha value is -3.04. The summed E-state index contributed by atoms with van der Waals surface area (Å²) in [5.41, 5.74) is 1.50. The van der Waals surface area contributed by atoms with E-state index in [9.17, 15) is 4.79 Å². The summed E-state index contributed by atoms with van der Waals surface area (Å²) in [6, 6.07) is 12.8. The first-order valence-corrected chi connectivity index (χ1v) is 8.81. The minimum Gasteiger partial charge on any atom is -0.493 e. The number of carbonyl (C=O) groups excluding carboxylic acids is 1. The topological polar surface area (TPSA) is 48.0 Å². The first-order valence-electron chi connectivity index (χ1n) is 8.29. The van der Waals surface area contributed by atoms with Gasteiger partial charge in [0.1, 0.15) is 24.3 Å². The number of methoxy groups -OCH3 is 1. The van der Waals surface area contributed by atoms with Crippen LogP contribution in [-0.4, -0.2) is 31.6 Å². The fraction of sp³-hybridized carbons (Fsp3) is 0.190. The van der Waals surface area contributed by atoms with Crippen LogP contribution in [0.25, 0.3) is 6.08 Å². The molecular weight excluding hydrogens is 362 g/mol. The Morgan fingerprint density at radius 1 is 1.37 bits per heavy atom. The van der Waals surface area contributed by atoms with Crippen LogP contribution in [0, 0.1) is 12.3 Å². The van der Waals surface area contributed by atoms with Crippen molar-refractivity contribution in [3.63, 3.8) is 0 Å². The highest BCUT2D eigenvalue weighted by atomic mass is 32.1. The highest BCUT2D eigenvalue weighted by molar-refractivity contribution is 7.81. The quantitative estimate of drug-likeness (QED) is 0.490. The standard InChI is InChI=1S/C21H19NO4S/c1-3-12-25-18-10-8-15(13-19(18)24-2)9-11-20(23)22-16-6-4-5-7-17(16)26-14-21(22)27/h1,4-11,13,21,27H,12,14H2,2H3/b11-9+. The van der Waals surface area contributed by atoms with Gasteiger partial charge in [-0.1, -0.05) is 24.1 Å². The van der Waals surface area contributed by atoms with Gasteiger partial charge in [0, 0.05) is 6.08 Å². The molecule has 138 valence electrons. The third-order valence-corrected chi connectivity index (χ3v) is 4.35. The predicted molar refractivity (Wildman–Crippen MR) is 109 cm³/mol. The average Bonchev–Trinajstić information content (AvgIpc) is 2.70. The maximum absolute atomic E-state index is 12.8. The van der Waals surface area contributed by atoms with Gasteiger partial charge in [-0.3, -0.25) is 9.69 Å². The van der Waals surface area contributed by atoms with Crippen molar-refractivity contribution in [1.82, 2.24) is 0 Å². The molecule has 0 N–H and O–H groups in total. The lowest BCUT2D eigenvalue weighted by Crippen LogP contribution is -2.42. The predicted octanol–water partition coefficient (Wildman–Crippen LogP) is 3.40. The van der Waals surface area contributed by atoms with Gasteiger partial charge < -0.3 is 14.2 Å². The second kappa shape index (κ2) is 8.56. The highest BCUT2D eigenvalue weighted by Crippen LogP contribution is 2.35. The zero-order chi connectivity index (χ0) is 19.2. The monoisotopic (exact) mass is 381 g/mol. The van der Waals surface area contributed by atoms with Gasteiger partial charge in [-0.2, -0.15) is 12.6 Å². The Morgan fingerprint density at radius 3 is 2.96 bits per heavy atom. The number of carbonyl (C=O) groups is 1. The molecule has 1 aliphatic rings. The minimum atomic E-state index is -0.355. The number of amides is 1. The molecule has 2 aromatic rings. The molecule has 2 aromatic carbocycles. The summed E-state index contributed by atoms with van der Waals surface area (Å²) in [6.07, 6.45) is 8.43. The van der Waals surface area contributed by atoms with Gasteiger partial charge in [0.2, 0.25) is 0 Å². The van der Waals surface area contributed by atoms with Crippen LogP contribution < -0.4 is 19.1 Å². The van der Waals surface area contributed by atoms with E-state index in [0.29, 0.717) is 29.5 Å². The number of ether oxygens (including phenoxy) is 3. The Bertz CT molecular complexity index is 903. The summed E-state index contributed by atoms with van der Waals surface area (Å²) in [5, 5.41) is -0.355. The number of hydrogen-bond acceptors (Lipinski definition) is 5. The van der Waals surface area contributed by atoms with Crippen LogP contribution >= 0.6 is 12.6 Å². The first-order chi connectivity index (χ1) is 13.1. The van der Waals surface area contributed by atoms with Gasteiger partial charge in [0.15, 0.2) is 11.5 Å². The van der Waals surface area contributed by atoms with Gasteiger partial charge >= 0.3 is 0 Å². The number of thiol groups is 1. The molecule has 1 unspecified atom stereocenters. The third-order valence-electron chi connectivity index (χ3n) is 3.97. The summed E-state index contributed by atoms with van der Waals surface area (Å²) in [4.78, 5) is 14.4. The first kappa shape index (κ1) is 18.7. The number of hydrogen-bond donors (Lipinski definition) is 1. The van der Waals surface area contributed by atoms with Crippen LogP contribution in [0.1, 0.15) is 5.56 Å². The van der Waals surface area contributed by atoms with Crippen molar-refractivity contribution in [2.24, 2.45) is 0 Å². The molecule has 0 radical (unpaired) electrons. The second-order valence-corrected chi connectivity index (χ2v) is 6.30. The van der Waals surface area contributed by atoms with E-state index in [0.717, 1.165) is 5.56 Å². The van der Waals surface area contributed by atoms with E-state index in [4.69, 9.17) is 20.6 Å². The molecule has 5 nitrogen and oxygen atoms in total. The lowest BCUT2D eigenvalue weighted by atomic mass is 10.1. The molecule has 0 bridgehead atoms. The molecule has 27 heavy (non-hydrogen) atoms. The smallest absolute Gasteiger partial charge is 0.252 e. The molecular formula is C21H19NO4S. The normalized spacial score (nSPS) is 15.6. The van der Waals surface area contributed by atoms with Crippen molar-refractivity contribution < 1.29 is 19.0 Å². The summed E-state index contributed by atoms with van der Waals surface area (Å²) in [5.74, 6) is 3.99. The van der Waals surface area contributed by atoms with Crippen molar-refractivity contribution in [2.45, 2.75) is 5.37 Å². The fourth-order valence-electron chi connectivity index (χ4n) is 2.72. The Balaban J connectivity index is 1.80. The van der Waals surface area contributed by atoms with Crippen LogP contribution in [0.15, 0.2) is 48.5 Å². The van der Waals surface area contributed by atoms with Gasteiger partial charge in [0.25, 0.3) is 5.91 Å². The Morgan fingerprint density at radius 2 is 2.19 bits per heavy atom. The maximum Gasteiger partial charge on any atom is 0.252 e. The Kier molecular flexibility index (Phi) is 5.94. The van der Waals surface area contributed by atoms with E-state index in [-0.39, 0.29) is 17.9 Å². The molecule has 1 atom stereocenters. The SMILES string of the molecule is C#CCOc1ccc(/C=C/C(=O)N2c3ccccc3OCC2S)cc1OC. The largest absolute Gasteiger partial charge is 0.493 e. The van der Waals surface area contributed by atoms with E-state index in [1.165, 1.54) is 6.08 Å².